The molecule has 0 saturated heterocycles. The fraction of sp³-hybridized carbons (Fsp3) is 0.267. The molecule has 2 aromatic heterocycles. The Balaban J connectivity index is 2.16. The molecule has 6 heteroatoms. The molecule has 0 N–H and O–H groups in total. The van der Waals surface area contributed by atoms with Crippen LogP contribution in [-0.2, 0) is 18.8 Å². The summed E-state index contributed by atoms with van der Waals surface area (Å²) in [5.74, 6) is -0.560. The zero-order valence-corrected chi connectivity index (χ0v) is 12.9. The minimum atomic E-state index is -0.656. The highest BCUT2D eigenvalue weighted by Crippen LogP contribution is 2.26. The maximum atomic E-state index is 13.8. The standard InChI is InChI=1S/C15H13ClF2N2S/c1-2-9-3-4-21-13(9)8-20-12-6-10(17)5-11(18)15(12)19-14(20)7-16/h3-6H,2,7-8H2,1H3. The van der Waals surface area contributed by atoms with Crippen LogP contribution >= 0.6 is 22.9 Å². The molecule has 0 aliphatic rings. The van der Waals surface area contributed by atoms with Crippen molar-refractivity contribution in [3.63, 3.8) is 0 Å². The first-order valence-corrected chi connectivity index (χ1v) is 8.00. The van der Waals surface area contributed by atoms with E-state index in [0.717, 1.165) is 17.4 Å². The van der Waals surface area contributed by atoms with E-state index >= 15 is 0 Å². The molecule has 3 aromatic rings. The van der Waals surface area contributed by atoms with Gasteiger partial charge in [0.15, 0.2) is 5.82 Å². The van der Waals surface area contributed by atoms with Crippen molar-refractivity contribution in [3.8, 4) is 0 Å². The number of imidazole rings is 1. The van der Waals surface area contributed by atoms with Gasteiger partial charge in [0.1, 0.15) is 17.2 Å². The van der Waals surface area contributed by atoms with Gasteiger partial charge in [-0.2, -0.15) is 0 Å². The second kappa shape index (κ2) is 5.73. The van der Waals surface area contributed by atoms with Crippen LogP contribution in [0.2, 0.25) is 0 Å². The minimum absolute atomic E-state index is 0.155. The van der Waals surface area contributed by atoms with E-state index < -0.39 is 11.6 Å². The molecule has 0 radical (unpaired) electrons. The molecule has 0 fully saturated rings. The van der Waals surface area contributed by atoms with Gasteiger partial charge in [-0.25, -0.2) is 13.8 Å². The summed E-state index contributed by atoms with van der Waals surface area (Å²) in [4.78, 5) is 5.36. The van der Waals surface area contributed by atoms with E-state index in [1.54, 1.807) is 15.9 Å². The highest BCUT2D eigenvalue weighted by Gasteiger charge is 2.16. The van der Waals surface area contributed by atoms with Gasteiger partial charge in [-0.05, 0) is 29.5 Å². The van der Waals surface area contributed by atoms with Gasteiger partial charge in [0.05, 0.1) is 17.9 Å². The summed E-state index contributed by atoms with van der Waals surface area (Å²) in [6, 6.07) is 4.22. The van der Waals surface area contributed by atoms with Crippen molar-refractivity contribution >= 4 is 34.0 Å². The third-order valence-electron chi connectivity index (χ3n) is 3.49. The number of thiophene rings is 1. The number of fused-ring (bicyclic) bond motifs is 1. The van der Waals surface area contributed by atoms with Gasteiger partial charge in [-0.1, -0.05) is 6.92 Å². The number of aryl methyl sites for hydroxylation is 1. The van der Waals surface area contributed by atoms with Gasteiger partial charge in [-0.15, -0.1) is 22.9 Å². The molecule has 0 bridgehead atoms. The van der Waals surface area contributed by atoms with Gasteiger partial charge in [-0.3, -0.25) is 0 Å². The molecular formula is C15H13ClF2N2S. The van der Waals surface area contributed by atoms with E-state index in [4.69, 9.17) is 11.6 Å². The molecule has 0 aliphatic heterocycles. The zero-order valence-electron chi connectivity index (χ0n) is 11.4. The number of halogens is 3. The summed E-state index contributed by atoms with van der Waals surface area (Å²) in [6.07, 6.45) is 0.921. The van der Waals surface area contributed by atoms with E-state index in [1.165, 1.54) is 11.6 Å². The molecule has 1 aromatic carbocycles. The number of rotatable bonds is 4. The molecule has 0 amide bonds. The van der Waals surface area contributed by atoms with Crippen LogP contribution in [0, 0.1) is 11.6 Å². The third-order valence-corrected chi connectivity index (χ3v) is 4.68. The molecule has 21 heavy (non-hydrogen) atoms. The first kappa shape index (κ1) is 14.5. The Morgan fingerprint density at radius 1 is 1.33 bits per heavy atom. The first-order chi connectivity index (χ1) is 10.1. The molecule has 2 nitrogen and oxygen atoms in total. The summed E-state index contributed by atoms with van der Waals surface area (Å²) in [7, 11) is 0. The number of hydrogen-bond acceptors (Lipinski definition) is 2. The number of alkyl halides is 1. The van der Waals surface area contributed by atoms with Crippen LogP contribution in [0.5, 0.6) is 0 Å². The van der Waals surface area contributed by atoms with Crippen molar-refractivity contribution in [1.29, 1.82) is 0 Å². The van der Waals surface area contributed by atoms with Crippen molar-refractivity contribution in [2.45, 2.75) is 25.8 Å². The second-order valence-corrected chi connectivity index (χ2v) is 5.99. The molecule has 0 unspecified atom stereocenters. The van der Waals surface area contributed by atoms with Crippen molar-refractivity contribution in [2.24, 2.45) is 0 Å². The normalized spacial score (nSPS) is 11.4. The molecule has 0 aliphatic carbocycles. The van der Waals surface area contributed by atoms with Gasteiger partial charge in [0.25, 0.3) is 0 Å². The van der Waals surface area contributed by atoms with Crippen LogP contribution in [0.25, 0.3) is 11.0 Å². The molecule has 110 valence electrons. The SMILES string of the molecule is CCc1ccsc1Cn1c(CCl)nc2c(F)cc(F)cc21. The highest BCUT2D eigenvalue weighted by molar-refractivity contribution is 7.10. The number of aromatic nitrogens is 2. The van der Waals surface area contributed by atoms with Crippen LogP contribution in [-0.4, -0.2) is 9.55 Å². The lowest BCUT2D eigenvalue weighted by Crippen LogP contribution is -2.04. The molecule has 0 spiro atoms. The van der Waals surface area contributed by atoms with Crippen molar-refractivity contribution in [1.82, 2.24) is 9.55 Å². The smallest absolute Gasteiger partial charge is 0.153 e. The average molecular weight is 327 g/mol. The Bertz CT molecular complexity index is 794. The maximum absolute atomic E-state index is 13.8. The minimum Gasteiger partial charge on any atom is -0.321 e. The number of benzene rings is 1. The van der Waals surface area contributed by atoms with Gasteiger partial charge < -0.3 is 4.57 Å². The fourth-order valence-corrected chi connectivity index (χ4v) is 3.61. The Kier molecular flexibility index (Phi) is 3.95. The molecule has 0 atom stereocenters. The average Bonchev–Trinajstić information content (AvgIpc) is 3.04. The molecular weight excluding hydrogens is 314 g/mol. The van der Waals surface area contributed by atoms with Crippen LogP contribution in [0.1, 0.15) is 23.2 Å². The van der Waals surface area contributed by atoms with Crippen LogP contribution in [0.3, 0.4) is 0 Å². The first-order valence-electron chi connectivity index (χ1n) is 6.59. The summed E-state index contributed by atoms with van der Waals surface area (Å²) >= 11 is 7.54. The lowest BCUT2D eigenvalue weighted by molar-refractivity contribution is 0.590. The monoisotopic (exact) mass is 326 g/mol. The van der Waals surface area contributed by atoms with Crippen molar-refractivity contribution in [2.75, 3.05) is 0 Å². The lowest BCUT2D eigenvalue weighted by Gasteiger charge is -2.08. The maximum Gasteiger partial charge on any atom is 0.153 e. The summed E-state index contributed by atoms with van der Waals surface area (Å²) in [5.41, 5.74) is 1.85. The second-order valence-electron chi connectivity index (χ2n) is 4.73. The van der Waals surface area contributed by atoms with E-state index in [9.17, 15) is 8.78 Å². The Hall–Kier alpha value is -1.46. The van der Waals surface area contributed by atoms with E-state index in [0.29, 0.717) is 17.9 Å². The predicted octanol–water partition coefficient (Wildman–Crippen LogP) is 4.73. The van der Waals surface area contributed by atoms with E-state index in [1.807, 2.05) is 5.38 Å². The Morgan fingerprint density at radius 3 is 2.86 bits per heavy atom. The predicted molar refractivity (Wildman–Crippen MR) is 82.0 cm³/mol. The van der Waals surface area contributed by atoms with Crippen molar-refractivity contribution in [3.05, 3.63) is 51.5 Å². The largest absolute Gasteiger partial charge is 0.321 e. The van der Waals surface area contributed by atoms with E-state index in [2.05, 4.69) is 18.0 Å². The highest BCUT2D eigenvalue weighted by atomic mass is 35.5. The van der Waals surface area contributed by atoms with Gasteiger partial charge >= 0.3 is 0 Å². The molecule has 0 saturated carbocycles. The van der Waals surface area contributed by atoms with Crippen LogP contribution in [0.4, 0.5) is 8.78 Å². The topological polar surface area (TPSA) is 17.8 Å². The fourth-order valence-electron chi connectivity index (χ4n) is 2.44. The lowest BCUT2D eigenvalue weighted by atomic mass is 10.2. The number of nitrogens with zero attached hydrogens (tertiary/aromatic N) is 2. The quantitative estimate of drug-likeness (QED) is 0.634. The van der Waals surface area contributed by atoms with E-state index in [-0.39, 0.29) is 11.4 Å². The Morgan fingerprint density at radius 2 is 2.14 bits per heavy atom. The zero-order chi connectivity index (χ0) is 15.0. The Labute approximate surface area is 130 Å². The summed E-state index contributed by atoms with van der Waals surface area (Å²) in [6.45, 7) is 2.61. The van der Waals surface area contributed by atoms with Crippen molar-refractivity contribution < 1.29 is 8.78 Å². The summed E-state index contributed by atoms with van der Waals surface area (Å²) in [5, 5.41) is 2.02. The van der Waals surface area contributed by atoms with Crippen LogP contribution < -0.4 is 0 Å². The van der Waals surface area contributed by atoms with Crippen LogP contribution in [0.15, 0.2) is 23.6 Å². The molecule has 3 rings (SSSR count). The third kappa shape index (κ3) is 2.56. The van der Waals surface area contributed by atoms with Gasteiger partial charge in [0.2, 0.25) is 0 Å². The molecule has 2 heterocycles. The summed E-state index contributed by atoms with van der Waals surface area (Å²) < 4.78 is 29.1. The van der Waals surface area contributed by atoms with Gasteiger partial charge in [0, 0.05) is 10.9 Å². The number of hydrogen-bond donors (Lipinski definition) is 0.